The lowest BCUT2D eigenvalue weighted by Gasteiger charge is -2.20. The van der Waals surface area contributed by atoms with E-state index in [1.54, 1.807) is 6.20 Å². The van der Waals surface area contributed by atoms with Crippen LogP contribution in [-0.2, 0) is 12.8 Å². The normalized spacial score (nSPS) is 13.3. The first-order valence-corrected chi connectivity index (χ1v) is 18.9. The molecular formula is C53H41N3. The topological polar surface area (TPSA) is 38.1 Å². The Kier molecular flexibility index (Phi) is 10.8. The number of hydrogen-bond acceptors (Lipinski definition) is 3. The van der Waals surface area contributed by atoms with Crippen LogP contribution in [0.2, 0.25) is 0 Å². The number of nitrogens with zero attached hydrogens (tertiary/aromatic N) is 3. The van der Waals surface area contributed by atoms with Crippen molar-refractivity contribution in [1.29, 1.82) is 0 Å². The maximum absolute atomic E-state index is 4.43. The molecule has 0 aliphatic heterocycles. The van der Waals surface area contributed by atoms with Crippen molar-refractivity contribution in [2.75, 3.05) is 0 Å². The van der Waals surface area contributed by atoms with Crippen molar-refractivity contribution < 1.29 is 0 Å². The molecule has 0 fully saturated rings. The summed E-state index contributed by atoms with van der Waals surface area (Å²) in [6.07, 6.45) is 21.9. The molecule has 0 saturated heterocycles. The van der Waals surface area contributed by atoms with Gasteiger partial charge in [-0.2, -0.15) is 0 Å². The molecule has 0 N–H and O–H groups in total. The third-order valence-corrected chi connectivity index (χ3v) is 10.2. The summed E-state index contributed by atoms with van der Waals surface area (Å²) >= 11 is 0. The van der Waals surface area contributed by atoms with Crippen LogP contribution in [0.3, 0.4) is 0 Å². The van der Waals surface area contributed by atoms with Crippen LogP contribution in [0.25, 0.3) is 50.6 Å². The number of aliphatic imine (C=N–C) groups is 1. The molecule has 8 rings (SSSR count). The minimum absolute atomic E-state index is 0.807. The Morgan fingerprint density at radius 3 is 2.11 bits per heavy atom. The quantitative estimate of drug-likeness (QED) is 0.0986. The first kappa shape index (κ1) is 35.8. The lowest BCUT2D eigenvalue weighted by Crippen LogP contribution is -2.02. The average molecular weight is 720 g/mol. The Balaban J connectivity index is 1.21. The highest BCUT2D eigenvalue weighted by atomic mass is 14.7. The van der Waals surface area contributed by atoms with Crippen molar-refractivity contribution in [1.82, 2.24) is 9.97 Å². The second kappa shape index (κ2) is 16.8. The van der Waals surface area contributed by atoms with E-state index >= 15 is 0 Å². The predicted molar refractivity (Wildman–Crippen MR) is 237 cm³/mol. The number of allylic oxidation sites excluding steroid dienone is 7. The Hall–Kier alpha value is -7.23. The number of pyridine rings is 2. The third kappa shape index (κ3) is 7.99. The summed E-state index contributed by atoms with van der Waals surface area (Å²) in [5.41, 5.74) is 18.1. The maximum atomic E-state index is 4.43. The molecule has 2 heterocycles. The number of fused-ring (bicyclic) bond motifs is 1. The summed E-state index contributed by atoms with van der Waals surface area (Å²) in [5.74, 6) is 0. The monoisotopic (exact) mass is 719 g/mol. The Bertz CT molecular complexity index is 2640. The fraction of sp³-hybridized carbons (Fsp3) is 0.0377. The van der Waals surface area contributed by atoms with E-state index in [0.717, 1.165) is 74.2 Å². The molecule has 2 aromatic heterocycles. The highest BCUT2D eigenvalue weighted by molar-refractivity contribution is 5.91. The van der Waals surface area contributed by atoms with E-state index in [1.165, 1.54) is 27.8 Å². The maximum Gasteiger partial charge on any atom is 0.0701 e. The van der Waals surface area contributed by atoms with Crippen molar-refractivity contribution in [2.24, 2.45) is 4.99 Å². The number of aromatic nitrogens is 2. The van der Waals surface area contributed by atoms with E-state index in [2.05, 4.69) is 174 Å². The lowest BCUT2D eigenvalue weighted by atomic mass is 9.84. The third-order valence-electron chi connectivity index (χ3n) is 10.2. The molecule has 0 radical (unpaired) electrons. The van der Waals surface area contributed by atoms with E-state index in [4.69, 9.17) is 0 Å². The molecule has 268 valence electrons. The Labute approximate surface area is 329 Å². The van der Waals surface area contributed by atoms with Crippen LogP contribution in [0, 0.1) is 0 Å². The van der Waals surface area contributed by atoms with Gasteiger partial charge in [0.25, 0.3) is 0 Å². The van der Waals surface area contributed by atoms with Gasteiger partial charge in [0.05, 0.1) is 5.69 Å². The van der Waals surface area contributed by atoms with Gasteiger partial charge in [-0.25, -0.2) is 0 Å². The smallest absolute Gasteiger partial charge is 0.0701 e. The van der Waals surface area contributed by atoms with Crippen molar-refractivity contribution >= 4 is 29.6 Å². The van der Waals surface area contributed by atoms with Gasteiger partial charge in [-0.05, 0) is 134 Å². The van der Waals surface area contributed by atoms with Crippen LogP contribution in [0.5, 0.6) is 0 Å². The van der Waals surface area contributed by atoms with Gasteiger partial charge in [-0.1, -0.05) is 140 Å². The predicted octanol–water partition coefficient (Wildman–Crippen LogP) is 13.2. The lowest BCUT2D eigenvalue weighted by molar-refractivity contribution is 1.17. The van der Waals surface area contributed by atoms with Gasteiger partial charge >= 0.3 is 0 Å². The number of benzene rings is 5. The van der Waals surface area contributed by atoms with E-state index < -0.39 is 0 Å². The zero-order chi connectivity index (χ0) is 38.1. The molecule has 1 aliphatic carbocycles. The van der Waals surface area contributed by atoms with E-state index in [-0.39, 0.29) is 0 Å². The first-order valence-electron chi connectivity index (χ1n) is 18.9. The molecule has 0 spiro atoms. The van der Waals surface area contributed by atoms with Gasteiger partial charge < -0.3 is 0 Å². The highest BCUT2D eigenvalue weighted by Crippen LogP contribution is 2.39. The van der Waals surface area contributed by atoms with Crippen molar-refractivity contribution in [3.8, 4) is 33.4 Å². The number of hydrogen-bond donors (Lipinski definition) is 0. The van der Waals surface area contributed by atoms with Crippen molar-refractivity contribution in [3.05, 3.63) is 240 Å². The zero-order valence-corrected chi connectivity index (χ0v) is 31.2. The summed E-state index contributed by atoms with van der Waals surface area (Å²) in [5, 5.41) is 0. The molecule has 0 bridgehead atoms. The van der Waals surface area contributed by atoms with Gasteiger partial charge in [0.2, 0.25) is 0 Å². The molecule has 3 nitrogen and oxygen atoms in total. The van der Waals surface area contributed by atoms with E-state index in [9.17, 15) is 0 Å². The summed E-state index contributed by atoms with van der Waals surface area (Å²) in [6, 6.07) is 49.5. The summed E-state index contributed by atoms with van der Waals surface area (Å²) in [7, 11) is 0. The van der Waals surface area contributed by atoms with Crippen LogP contribution in [0.4, 0.5) is 5.69 Å². The molecule has 7 aromatic rings. The van der Waals surface area contributed by atoms with Gasteiger partial charge in [0, 0.05) is 35.9 Å². The molecule has 1 aliphatic rings. The van der Waals surface area contributed by atoms with Crippen LogP contribution < -0.4 is 0 Å². The fourth-order valence-corrected chi connectivity index (χ4v) is 7.37. The summed E-state index contributed by atoms with van der Waals surface area (Å²) in [6.45, 7) is 8.14. The van der Waals surface area contributed by atoms with Gasteiger partial charge in [-0.15, -0.1) is 0 Å². The molecular weight excluding hydrogens is 679 g/mol. The molecule has 0 saturated carbocycles. The van der Waals surface area contributed by atoms with E-state index in [0.29, 0.717) is 0 Å². The minimum atomic E-state index is 0.807. The number of para-hydroxylation sites is 1. The SMILES string of the molecule is C=C/C(=C\C=C/Cc1cccnc1)c1cc(-c2ccc(/C(=C3\C=Cc4ccccc4C3)c3ccccc3N=C)cc2)cc(-c2cccc(-c3cccnc3)c2)c1. The second-order valence-corrected chi connectivity index (χ2v) is 13.8. The molecule has 0 amide bonds. The summed E-state index contributed by atoms with van der Waals surface area (Å²) < 4.78 is 0. The van der Waals surface area contributed by atoms with Crippen molar-refractivity contribution in [3.63, 3.8) is 0 Å². The van der Waals surface area contributed by atoms with Gasteiger partial charge in [0.1, 0.15) is 0 Å². The van der Waals surface area contributed by atoms with E-state index in [1.807, 2.05) is 48.9 Å². The largest absolute Gasteiger partial charge is 0.264 e. The Morgan fingerprint density at radius 2 is 1.34 bits per heavy atom. The molecule has 3 heteroatoms. The minimum Gasteiger partial charge on any atom is -0.264 e. The fourth-order valence-electron chi connectivity index (χ4n) is 7.37. The van der Waals surface area contributed by atoms with Crippen molar-refractivity contribution in [2.45, 2.75) is 12.8 Å². The highest BCUT2D eigenvalue weighted by Gasteiger charge is 2.18. The van der Waals surface area contributed by atoms with Gasteiger partial charge in [0.15, 0.2) is 0 Å². The number of rotatable bonds is 11. The molecule has 0 atom stereocenters. The van der Waals surface area contributed by atoms with Gasteiger partial charge in [-0.3, -0.25) is 15.0 Å². The van der Waals surface area contributed by atoms with Crippen LogP contribution >= 0.6 is 0 Å². The van der Waals surface area contributed by atoms with Crippen LogP contribution in [0.15, 0.2) is 212 Å². The first-order chi connectivity index (χ1) is 27.7. The Morgan fingerprint density at radius 1 is 0.625 bits per heavy atom. The standard InChI is InChI=1S/C53H41N3/c1-3-39(15-5-4-13-38-14-11-29-55-36-38)48-33-49(35-50(34-48)45-19-10-18-44(31-45)47-20-12-30-56-37-47)41-23-26-42(27-24-41)53(51-21-8-9-22-52(51)54-2)46-28-25-40-16-6-7-17-43(40)32-46/h3-12,14-31,33-37H,1-2,13,32H2/b5-4-,39-15+,53-46-. The average Bonchev–Trinajstić information content (AvgIpc) is 3.27. The molecule has 5 aromatic carbocycles. The zero-order valence-electron chi connectivity index (χ0n) is 31.2. The van der Waals surface area contributed by atoms with Crippen LogP contribution in [0.1, 0.15) is 33.4 Å². The summed E-state index contributed by atoms with van der Waals surface area (Å²) in [4.78, 5) is 13.0. The molecule has 56 heavy (non-hydrogen) atoms. The molecule has 0 unspecified atom stereocenters. The second-order valence-electron chi connectivity index (χ2n) is 13.8. The van der Waals surface area contributed by atoms with Crippen LogP contribution in [-0.4, -0.2) is 16.7 Å².